The highest BCUT2D eigenvalue weighted by molar-refractivity contribution is 7.12. The van der Waals surface area contributed by atoms with Gasteiger partial charge in [-0.25, -0.2) is 5.01 Å². The van der Waals surface area contributed by atoms with Crippen LogP contribution in [-0.4, -0.2) is 92.5 Å². The van der Waals surface area contributed by atoms with Crippen LogP contribution in [0.15, 0.2) is 40.8 Å². The second-order valence-electron chi connectivity index (χ2n) is 9.58. The summed E-state index contributed by atoms with van der Waals surface area (Å²) < 4.78 is 16.4. The van der Waals surface area contributed by atoms with Crippen molar-refractivity contribution in [3.05, 3.63) is 46.2 Å². The molecule has 1 saturated heterocycles. The molecule has 0 bridgehead atoms. The fraction of sp³-hybridized carbons (Fsp3) is 0.519. The van der Waals surface area contributed by atoms with Gasteiger partial charge in [-0.05, 0) is 42.0 Å². The molecule has 0 N–H and O–H groups in total. The van der Waals surface area contributed by atoms with Crippen molar-refractivity contribution >= 4 is 28.9 Å². The number of carbonyl (C=O) groups is 2. The van der Waals surface area contributed by atoms with Gasteiger partial charge < -0.3 is 19.1 Å². The van der Waals surface area contributed by atoms with Gasteiger partial charge in [-0.3, -0.25) is 14.5 Å². The third kappa shape index (κ3) is 5.97. The van der Waals surface area contributed by atoms with Crippen LogP contribution >= 0.6 is 11.3 Å². The van der Waals surface area contributed by atoms with Gasteiger partial charge in [-0.1, -0.05) is 12.1 Å². The summed E-state index contributed by atoms with van der Waals surface area (Å²) in [5, 5.41) is 8.36. The lowest BCUT2D eigenvalue weighted by atomic mass is 10.0. The minimum absolute atomic E-state index is 0.0185. The van der Waals surface area contributed by atoms with E-state index in [1.54, 1.807) is 35.5 Å². The Kier molecular flexibility index (Phi) is 8.07. The summed E-state index contributed by atoms with van der Waals surface area (Å²) in [5.41, 5.74) is 1.78. The number of carbonyl (C=O) groups excluding carboxylic acids is 2. The van der Waals surface area contributed by atoms with Gasteiger partial charge in [0.2, 0.25) is 5.91 Å². The molecule has 10 heteroatoms. The second kappa shape index (κ2) is 11.6. The first-order chi connectivity index (χ1) is 18.1. The highest BCUT2D eigenvalue weighted by Crippen LogP contribution is 2.38. The summed E-state index contributed by atoms with van der Waals surface area (Å²) in [6.07, 6.45) is 2.39. The van der Waals surface area contributed by atoms with Crippen LogP contribution in [0.2, 0.25) is 0 Å². The summed E-state index contributed by atoms with van der Waals surface area (Å²) in [4.78, 5) is 32.0. The Morgan fingerprint density at radius 3 is 2.59 bits per heavy atom. The maximum absolute atomic E-state index is 13.8. The van der Waals surface area contributed by atoms with Crippen molar-refractivity contribution in [1.82, 2.24) is 14.8 Å². The highest BCUT2D eigenvalue weighted by Gasteiger charge is 2.38. The largest absolute Gasteiger partial charge is 0.493 e. The lowest BCUT2D eigenvalue weighted by Gasteiger charge is -2.31. The van der Waals surface area contributed by atoms with Gasteiger partial charge in [0.05, 0.1) is 44.1 Å². The Balaban J connectivity index is 1.37. The predicted octanol–water partition coefficient (Wildman–Crippen LogP) is 3.01. The normalized spacial score (nSPS) is 20.0. The molecule has 3 aliphatic rings. The van der Waals surface area contributed by atoms with Crippen molar-refractivity contribution in [1.29, 1.82) is 0 Å². The summed E-state index contributed by atoms with van der Waals surface area (Å²) >= 11 is 1.61. The molecular weight excluding hydrogens is 492 g/mol. The number of hydrogen-bond acceptors (Lipinski definition) is 8. The molecule has 5 rings (SSSR count). The zero-order chi connectivity index (χ0) is 25.8. The quantitative estimate of drug-likeness (QED) is 0.473. The van der Waals surface area contributed by atoms with Crippen LogP contribution in [0.4, 0.5) is 0 Å². The van der Waals surface area contributed by atoms with Crippen molar-refractivity contribution in [3.63, 3.8) is 0 Å². The number of nitrogens with zero attached hydrogens (tertiary/aromatic N) is 4. The number of hydrazone groups is 1. The monoisotopic (exact) mass is 526 g/mol. The van der Waals surface area contributed by atoms with E-state index in [1.165, 1.54) is 0 Å². The summed E-state index contributed by atoms with van der Waals surface area (Å²) in [7, 11) is 3.20. The fourth-order valence-corrected chi connectivity index (χ4v) is 5.55. The standard InChI is InChI=1S/C27H34N4O5S/c1-34-23-8-7-20(16-24(23)35-2)22-17-21(25-4-3-15-37-25)28-31(22)26(32)18-30(27(33)19-5-6-19)10-9-29-11-13-36-14-12-29/h3-4,7-8,15-16,19,22H,5-6,9-14,17-18H2,1-2H3/t22-/m1/s1. The molecule has 2 amide bonds. The van der Waals surface area contributed by atoms with Crippen molar-refractivity contribution < 1.29 is 23.8 Å². The maximum Gasteiger partial charge on any atom is 0.262 e. The van der Waals surface area contributed by atoms with Gasteiger partial charge in [0.25, 0.3) is 5.91 Å². The zero-order valence-electron chi connectivity index (χ0n) is 21.4. The van der Waals surface area contributed by atoms with Crippen LogP contribution in [0.5, 0.6) is 11.5 Å². The first-order valence-electron chi connectivity index (χ1n) is 12.8. The highest BCUT2D eigenvalue weighted by atomic mass is 32.1. The summed E-state index contributed by atoms with van der Waals surface area (Å²) in [6, 6.07) is 9.42. The van der Waals surface area contributed by atoms with E-state index in [4.69, 9.17) is 19.3 Å². The maximum atomic E-state index is 13.8. The van der Waals surface area contributed by atoms with Crippen molar-refractivity contribution in [2.24, 2.45) is 11.0 Å². The Labute approximate surface area is 221 Å². The van der Waals surface area contributed by atoms with Crippen LogP contribution in [0.25, 0.3) is 0 Å². The first-order valence-corrected chi connectivity index (χ1v) is 13.7. The number of thiophene rings is 1. The van der Waals surface area contributed by atoms with E-state index >= 15 is 0 Å². The fourth-order valence-electron chi connectivity index (χ4n) is 4.83. The lowest BCUT2D eigenvalue weighted by Crippen LogP contribution is -2.47. The third-order valence-corrected chi connectivity index (χ3v) is 8.04. The molecule has 9 nitrogen and oxygen atoms in total. The zero-order valence-corrected chi connectivity index (χ0v) is 22.2. The molecule has 37 heavy (non-hydrogen) atoms. The topological polar surface area (TPSA) is 83.9 Å². The number of methoxy groups -OCH3 is 2. The minimum atomic E-state index is -0.290. The van der Waals surface area contributed by atoms with E-state index in [-0.39, 0.29) is 30.3 Å². The van der Waals surface area contributed by atoms with Gasteiger partial charge >= 0.3 is 0 Å². The molecule has 1 atom stereocenters. The van der Waals surface area contributed by atoms with E-state index in [9.17, 15) is 9.59 Å². The van der Waals surface area contributed by atoms with Crippen LogP contribution in [-0.2, 0) is 14.3 Å². The molecule has 2 aliphatic heterocycles. The molecule has 2 aromatic rings. The number of hydrogen-bond donors (Lipinski definition) is 0. The first kappa shape index (κ1) is 25.7. The molecular formula is C27H34N4O5S. The Morgan fingerprint density at radius 1 is 1.14 bits per heavy atom. The molecule has 0 spiro atoms. The van der Waals surface area contributed by atoms with Gasteiger partial charge in [0.1, 0.15) is 6.54 Å². The molecule has 3 heterocycles. The van der Waals surface area contributed by atoms with Crippen LogP contribution in [0.1, 0.15) is 35.7 Å². The van der Waals surface area contributed by atoms with E-state index in [0.29, 0.717) is 37.7 Å². The molecule has 0 unspecified atom stereocenters. The van der Waals surface area contributed by atoms with E-state index < -0.39 is 0 Å². The van der Waals surface area contributed by atoms with Gasteiger partial charge in [0, 0.05) is 38.5 Å². The van der Waals surface area contributed by atoms with E-state index in [0.717, 1.165) is 48.6 Å². The average Bonchev–Trinajstić information content (AvgIpc) is 3.44. The molecule has 1 saturated carbocycles. The number of morpholine rings is 1. The van der Waals surface area contributed by atoms with Crippen molar-refractivity contribution in [2.45, 2.75) is 25.3 Å². The lowest BCUT2D eigenvalue weighted by molar-refractivity contribution is -0.142. The van der Waals surface area contributed by atoms with Crippen molar-refractivity contribution in [3.8, 4) is 11.5 Å². The summed E-state index contributed by atoms with van der Waals surface area (Å²) in [5.74, 6) is 1.18. The number of rotatable bonds is 10. The summed E-state index contributed by atoms with van der Waals surface area (Å²) in [6.45, 7) is 4.38. The second-order valence-corrected chi connectivity index (χ2v) is 10.5. The smallest absolute Gasteiger partial charge is 0.262 e. The number of benzene rings is 1. The average molecular weight is 527 g/mol. The minimum Gasteiger partial charge on any atom is -0.493 e. The van der Waals surface area contributed by atoms with E-state index in [2.05, 4.69) is 4.90 Å². The number of ether oxygens (including phenoxy) is 3. The Morgan fingerprint density at radius 2 is 1.92 bits per heavy atom. The molecule has 198 valence electrons. The third-order valence-electron chi connectivity index (χ3n) is 7.12. The molecule has 1 aliphatic carbocycles. The van der Waals surface area contributed by atoms with Gasteiger partial charge in [-0.15, -0.1) is 11.3 Å². The van der Waals surface area contributed by atoms with E-state index in [1.807, 2.05) is 35.7 Å². The molecule has 0 radical (unpaired) electrons. The van der Waals surface area contributed by atoms with Gasteiger partial charge in [-0.2, -0.15) is 5.10 Å². The van der Waals surface area contributed by atoms with Crippen LogP contribution < -0.4 is 9.47 Å². The molecule has 1 aromatic heterocycles. The SMILES string of the molecule is COc1ccc([C@H]2CC(c3cccs3)=NN2C(=O)CN(CCN2CCOCC2)C(=O)C2CC2)cc1OC. The van der Waals surface area contributed by atoms with Crippen LogP contribution in [0.3, 0.4) is 0 Å². The van der Waals surface area contributed by atoms with Crippen LogP contribution in [0, 0.1) is 5.92 Å². The van der Waals surface area contributed by atoms with Crippen molar-refractivity contribution in [2.75, 3.05) is 60.2 Å². The Hall–Kier alpha value is -2.95. The molecule has 1 aromatic carbocycles. The Bertz CT molecular complexity index is 1130. The molecule has 2 fully saturated rings. The van der Waals surface area contributed by atoms with Gasteiger partial charge in [0.15, 0.2) is 11.5 Å². The predicted molar refractivity (Wildman–Crippen MR) is 141 cm³/mol. The number of amides is 2.